The van der Waals surface area contributed by atoms with Crippen LogP contribution in [-0.4, -0.2) is 42.9 Å². The van der Waals surface area contributed by atoms with E-state index in [2.05, 4.69) is 31.4 Å². The number of hydrogen-bond acceptors (Lipinski definition) is 6. The van der Waals surface area contributed by atoms with Gasteiger partial charge < -0.3 is 4.42 Å². The highest BCUT2D eigenvalue weighted by molar-refractivity contribution is 9.10. The molecule has 27 heavy (non-hydrogen) atoms. The zero-order chi connectivity index (χ0) is 19.6. The lowest BCUT2D eigenvalue weighted by molar-refractivity contribution is 0.102. The average molecular weight is 451 g/mol. The minimum Gasteiger partial charge on any atom is -0.403 e. The quantitative estimate of drug-likeness (QED) is 0.640. The van der Waals surface area contributed by atoms with Crippen molar-refractivity contribution in [3.63, 3.8) is 0 Å². The van der Waals surface area contributed by atoms with Gasteiger partial charge in [-0.05, 0) is 48.5 Å². The third-order valence-electron chi connectivity index (χ3n) is 3.63. The van der Waals surface area contributed by atoms with Crippen molar-refractivity contribution in [2.45, 2.75) is 4.90 Å². The van der Waals surface area contributed by atoms with Crippen LogP contribution in [0.2, 0.25) is 0 Å². The van der Waals surface area contributed by atoms with Crippen molar-refractivity contribution in [3.05, 3.63) is 58.6 Å². The number of halogens is 1. The van der Waals surface area contributed by atoms with Crippen LogP contribution >= 0.6 is 15.9 Å². The molecule has 10 heteroatoms. The number of aromatic nitrogens is 2. The van der Waals surface area contributed by atoms with Crippen LogP contribution in [0.3, 0.4) is 0 Å². The molecule has 1 heterocycles. The van der Waals surface area contributed by atoms with E-state index in [-0.39, 0.29) is 22.7 Å². The molecule has 8 nitrogen and oxygen atoms in total. The summed E-state index contributed by atoms with van der Waals surface area (Å²) in [6.45, 7) is 0. The fourth-order valence-electron chi connectivity index (χ4n) is 2.14. The van der Waals surface area contributed by atoms with Gasteiger partial charge in [0.05, 0.1) is 4.90 Å². The van der Waals surface area contributed by atoms with E-state index in [1.807, 2.05) is 0 Å². The van der Waals surface area contributed by atoms with E-state index in [9.17, 15) is 13.2 Å². The van der Waals surface area contributed by atoms with Gasteiger partial charge in [0, 0.05) is 29.7 Å². The molecule has 1 amide bonds. The maximum atomic E-state index is 12.2. The number of carbonyl (C=O) groups excluding carboxylic acids is 1. The Morgan fingerprint density at radius 1 is 1.04 bits per heavy atom. The van der Waals surface area contributed by atoms with E-state index >= 15 is 0 Å². The molecule has 0 fully saturated rings. The van der Waals surface area contributed by atoms with Gasteiger partial charge in [0.1, 0.15) is 0 Å². The van der Waals surface area contributed by atoms with Gasteiger partial charge >= 0.3 is 6.01 Å². The summed E-state index contributed by atoms with van der Waals surface area (Å²) < 4.78 is 31.6. The van der Waals surface area contributed by atoms with Crippen LogP contribution in [0.15, 0.2) is 62.3 Å². The first-order chi connectivity index (χ1) is 12.8. The topological polar surface area (TPSA) is 105 Å². The molecule has 0 atom stereocenters. The van der Waals surface area contributed by atoms with E-state index < -0.39 is 10.0 Å². The van der Waals surface area contributed by atoms with Crippen molar-refractivity contribution < 1.29 is 17.6 Å². The predicted molar refractivity (Wildman–Crippen MR) is 103 cm³/mol. The average Bonchev–Trinajstić information content (AvgIpc) is 3.10. The molecule has 0 saturated heterocycles. The van der Waals surface area contributed by atoms with Crippen molar-refractivity contribution >= 4 is 37.9 Å². The number of amides is 1. The maximum Gasteiger partial charge on any atom is 0.322 e. The van der Waals surface area contributed by atoms with Gasteiger partial charge in [-0.1, -0.05) is 21.0 Å². The number of nitrogens with zero attached hydrogens (tertiary/aromatic N) is 3. The fraction of sp³-hybridized carbons (Fsp3) is 0.118. The van der Waals surface area contributed by atoms with E-state index in [1.165, 1.54) is 26.2 Å². The van der Waals surface area contributed by atoms with Gasteiger partial charge in [-0.25, -0.2) is 12.7 Å². The zero-order valence-electron chi connectivity index (χ0n) is 14.4. The zero-order valence-corrected chi connectivity index (χ0v) is 16.8. The Labute approximate surface area is 164 Å². The van der Waals surface area contributed by atoms with Gasteiger partial charge in [-0.2, -0.15) is 0 Å². The largest absolute Gasteiger partial charge is 0.403 e. The molecule has 2 aromatic carbocycles. The molecule has 3 rings (SSSR count). The Balaban J connectivity index is 1.76. The smallest absolute Gasteiger partial charge is 0.322 e. The normalized spacial score (nSPS) is 11.6. The number of nitrogens with one attached hydrogen (secondary N) is 1. The summed E-state index contributed by atoms with van der Waals surface area (Å²) in [5, 5.41) is 10.2. The van der Waals surface area contributed by atoms with E-state index in [1.54, 1.807) is 36.4 Å². The molecule has 0 aliphatic heterocycles. The number of benzene rings is 2. The van der Waals surface area contributed by atoms with Gasteiger partial charge in [0.2, 0.25) is 15.9 Å². The Morgan fingerprint density at radius 3 is 2.26 bits per heavy atom. The van der Waals surface area contributed by atoms with E-state index in [0.717, 1.165) is 8.78 Å². The van der Waals surface area contributed by atoms with Crippen LogP contribution in [0.25, 0.3) is 11.5 Å². The van der Waals surface area contributed by atoms with Crippen LogP contribution in [-0.2, 0) is 10.0 Å². The van der Waals surface area contributed by atoms with Gasteiger partial charge in [0.15, 0.2) is 0 Å². The highest BCUT2D eigenvalue weighted by Gasteiger charge is 2.18. The number of hydrogen-bond donors (Lipinski definition) is 1. The third kappa shape index (κ3) is 4.24. The predicted octanol–water partition coefficient (Wildman–Crippen LogP) is 3.00. The summed E-state index contributed by atoms with van der Waals surface area (Å²) in [4.78, 5) is 12.3. The molecule has 1 N–H and O–H groups in total. The first-order valence-electron chi connectivity index (χ1n) is 7.71. The van der Waals surface area contributed by atoms with Crippen LogP contribution < -0.4 is 5.32 Å². The summed E-state index contributed by atoms with van der Waals surface area (Å²) in [5.74, 6) is -0.222. The van der Waals surface area contributed by atoms with Crippen molar-refractivity contribution in [1.82, 2.24) is 14.5 Å². The van der Waals surface area contributed by atoms with Crippen LogP contribution in [0.1, 0.15) is 10.4 Å². The molecule has 3 aromatic rings. The Kier molecular flexibility index (Phi) is 5.40. The Hall–Kier alpha value is -2.56. The summed E-state index contributed by atoms with van der Waals surface area (Å²) in [5.41, 5.74) is 0.973. The molecule has 140 valence electrons. The number of anilines is 1. The van der Waals surface area contributed by atoms with Crippen molar-refractivity contribution in [2.75, 3.05) is 19.4 Å². The lowest BCUT2D eigenvalue weighted by atomic mass is 10.2. The minimum absolute atomic E-state index is 0.0529. The molecule has 0 spiro atoms. The summed E-state index contributed by atoms with van der Waals surface area (Å²) >= 11 is 3.30. The molecular formula is C17H15BrN4O4S. The third-order valence-corrected chi connectivity index (χ3v) is 5.99. The summed E-state index contributed by atoms with van der Waals surface area (Å²) in [7, 11) is -0.594. The highest BCUT2D eigenvalue weighted by Crippen LogP contribution is 2.23. The van der Waals surface area contributed by atoms with E-state index in [4.69, 9.17) is 4.42 Å². The molecule has 0 bridgehead atoms. The fourth-order valence-corrected chi connectivity index (χ4v) is 3.31. The van der Waals surface area contributed by atoms with Crippen molar-refractivity contribution in [2.24, 2.45) is 0 Å². The maximum absolute atomic E-state index is 12.2. The second-order valence-electron chi connectivity index (χ2n) is 5.69. The molecule has 0 aliphatic rings. The first kappa shape index (κ1) is 19.2. The van der Waals surface area contributed by atoms with E-state index in [0.29, 0.717) is 11.1 Å². The van der Waals surface area contributed by atoms with Crippen molar-refractivity contribution in [1.29, 1.82) is 0 Å². The lowest BCUT2D eigenvalue weighted by Crippen LogP contribution is -2.22. The molecule has 0 aliphatic carbocycles. The summed E-state index contributed by atoms with van der Waals surface area (Å²) in [6.07, 6.45) is 0. The molecule has 0 radical (unpaired) electrons. The highest BCUT2D eigenvalue weighted by atomic mass is 79.9. The second-order valence-corrected chi connectivity index (χ2v) is 8.75. The van der Waals surface area contributed by atoms with Crippen LogP contribution in [0.5, 0.6) is 0 Å². The van der Waals surface area contributed by atoms with Crippen LogP contribution in [0, 0.1) is 0 Å². The minimum atomic E-state index is -3.51. The Bertz CT molecular complexity index is 1060. The van der Waals surface area contributed by atoms with Crippen molar-refractivity contribution in [3.8, 4) is 11.5 Å². The monoisotopic (exact) mass is 450 g/mol. The lowest BCUT2D eigenvalue weighted by Gasteiger charge is -2.11. The Morgan fingerprint density at radius 2 is 1.67 bits per heavy atom. The number of sulfonamides is 1. The van der Waals surface area contributed by atoms with Gasteiger partial charge in [-0.3, -0.25) is 10.1 Å². The molecule has 0 unspecified atom stereocenters. The van der Waals surface area contributed by atoms with Gasteiger partial charge in [0.25, 0.3) is 5.91 Å². The molecular weight excluding hydrogens is 436 g/mol. The second kappa shape index (κ2) is 7.59. The van der Waals surface area contributed by atoms with Gasteiger partial charge in [-0.15, -0.1) is 5.10 Å². The standard InChI is InChI=1S/C17H15BrN4O4S/c1-22(2)27(24,25)14-9-5-12(6-10-14)16-20-21-17(26-16)19-15(23)11-3-7-13(18)8-4-11/h3-10H,1-2H3,(H,19,21,23). The summed E-state index contributed by atoms with van der Waals surface area (Å²) in [6, 6.07) is 12.8. The first-order valence-corrected chi connectivity index (χ1v) is 9.94. The molecule has 1 aromatic heterocycles. The number of rotatable bonds is 5. The van der Waals surface area contributed by atoms with Crippen LogP contribution in [0.4, 0.5) is 6.01 Å². The SMILES string of the molecule is CN(C)S(=O)(=O)c1ccc(-c2nnc(NC(=O)c3ccc(Br)cc3)o2)cc1. The number of carbonyl (C=O) groups is 1. The molecule has 0 saturated carbocycles.